The van der Waals surface area contributed by atoms with E-state index in [0.717, 1.165) is 12.1 Å². The average molecular weight is 493 g/mol. The van der Waals surface area contributed by atoms with Crippen molar-refractivity contribution in [3.8, 4) is 11.5 Å². The van der Waals surface area contributed by atoms with Gasteiger partial charge in [0.1, 0.15) is 11.5 Å². The van der Waals surface area contributed by atoms with Gasteiger partial charge in [-0.3, -0.25) is 4.55 Å². The van der Waals surface area contributed by atoms with Crippen molar-refractivity contribution in [1.29, 1.82) is 0 Å². The predicted molar refractivity (Wildman–Crippen MR) is 98.3 cm³/mol. The molecule has 0 spiro atoms. The molecule has 7 nitrogen and oxygen atoms in total. The van der Waals surface area contributed by atoms with Crippen LogP contribution in [0.1, 0.15) is 25.4 Å². The molecule has 0 aliphatic heterocycles. The summed E-state index contributed by atoms with van der Waals surface area (Å²) in [6.45, 7) is 0. The third-order valence-electron chi connectivity index (χ3n) is 3.74. The van der Waals surface area contributed by atoms with E-state index < -0.39 is 35.5 Å². The van der Waals surface area contributed by atoms with Gasteiger partial charge in [0.15, 0.2) is 0 Å². The standard InChI is InChI=1S/C17H16F3O7PS.K.H/c18-17(19,20)13-6-3-8-15(11-13)26-14-7-1-4-12(10-14)5-2-9-16(27-28(21)22)29(23,24)25;;/h1,3-4,6-8,10-11,16H,2,5,9H2,(H-,21,22,23,24,25);;/q;+1;-1/p+1. The predicted octanol–water partition coefficient (Wildman–Crippen LogP) is 1.82. The van der Waals surface area contributed by atoms with Gasteiger partial charge in [0.25, 0.3) is 10.1 Å². The zero-order chi connectivity index (χ0) is 21.7. The van der Waals surface area contributed by atoms with Crippen molar-refractivity contribution < 1.29 is 97.7 Å². The van der Waals surface area contributed by atoms with Gasteiger partial charge in [0, 0.05) is 4.57 Å². The molecular formula is C17H18F3KO7PS+. The molecule has 0 aliphatic rings. The largest absolute Gasteiger partial charge is 1.00 e. The maximum Gasteiger partial charge on any atom is 1.00 e. The molecule has 2 unspecified atom stereocenters. The van der Waals surface area contributed by atoms with E-state index in [1.54, 1.807) is 24.3 Å². The van der Waals surface area contributed by atoms with Crippen molar-refractivity contribution in [2.45, 2.75) is 30.9 Å². The Hall–Kier alpha value is -0.404. The fourth-order valence-electron chi connectivity index (χ4n) is 2.47. The minimum Gasteiger partial charge on any atom is -1.00 e. The van der Waals surface area contributed by atoms with Gasteiger partial charge in [-0.2, -0.15) is 21.6 Å². The van der Waals surface area contributed by atoms with Crippen molar-refractivity contribution in [2.24, 2.45) is 0 Å². The second kappa shape index (κ2) is 12.0. The molecule has 0 bridgehead atoms. The Morgan fingerprint density at radius 3 is 2.27 bits per heavy atom. The van der Waals surface area contributed by atoms with Crippen molar-refractivity contribution in [3.63, 3.8) is 0 Å². The van der Waals surface area contributed by atoms with Crippen LogP contribution in [0.25, 0.3) is 0 Å². The summed E-state index contributed by atoms with van der Waals surface area (Å²) in [5.41, 5.74) is -2.00. The van der Waals surface area contributed by atoms with Crippen LogP contribution < -0.4 is 56.1 Å². The molecule has 2 aromatic carbocycles. The third-order valence-corrected chi connectivity index (χ3v) is 5.31. The van der Waals surface area contributed by atoms with Gasteiger partial charge in [-0.1, -0.05) is 22.7 Å². The molecule has 0 saturated heterocycles. The van der Waals surface area contributed by atoms with E-state index >= 15 is 0 Å². The minimum absolute atomic E-state index is 0. The first-order valence-corrected chi connectivity index (χ1v) is 10.8. The number of ether oxygens (including phenoxy) is 1. The minimum atomic E-state index is -4.66. The number of benzene rings is 2. The monoisotopic (exact) mass is 493 g/mol. The Balaban J connectivity index is 0.00000450. The van der Waals surface area contributed by atoms with E-state index in [9.17, 15) is 26.2 Å². The molecule has 0 heterocycles. The van der Waals surface area contributed by atoms with Gasteiger partial charge in [0.2, 0.25) is 5.44 Å². The molecule has 0 fully saturated rings. The summed E-state index contributed by atoms with van der Waals surface area (Å²) in [7, 11) is -7.87. The quantitative estimate of drug-likeness (QED) is 0.312. The van der Waals surface area contributed by atoms with Crippen molar-refractivity contribution >= 4 is 18.4 Å². The second-order valence-corrected chi connectivity index (χ2v) is 8.20. The number of hydrogen-bond donors (Lipinski definition) is 2. The Kier molecular flexibility index (Phi) is 11.1. The summed E-state index contributed by atoms with van der Waals surface area (Å²) >= 11 is 0. The first-order chi connectivity index (χ1) is 13.4. The topological polar surface area (TPSA) is 110 Å². The van der Waals surface area contributed by atoms with E-state index in [1.807, 2.05) is 0 Å². The van der Waals surface area contributed by atoms with E-state index in [2.05, 4.69) is 4.52 Å². The Labute approximate surface area is 216 Å². The molecular weight excluding hydrogens is 475 g/mol. The Bertz CT molecular complexity index is 976. The van der Waals surface area contributed by atoms with Gasteiger partial charge >= 0.3 is 65.8 Å². The fourth-order valence-corrected chi connectivity index (χ4v) is 3.89. The molecule has 2 atom stereocenters. The third kappa shape index (κ3) is 9.39. The molecule has 2 rings (SSSR count). The summed E-state index contributed by atoms with van der Waals surface area (Å²) in [4.78, 5) is 8.67. The van der Waals surface area contributed by atoms with Gasteiger partial charge in [-0.05, 0) is 55.2 Å². The van der Waals surface area contributed by atoms with E-state index in [0.29, 0.717) is 12.0 Å². The average Bonchev–Trinajstić information content (AvgIpc) is 2.59. The molecule has 2 aromatic rings. The van der Waals surface area contributed by atoms with Gasteiger partial charge in [-0.25, -0.2) is 0 Å². The van der Waals surface area contributed by atoms with Crippen LogP contribution in [0.4, 0.5) is 13.2 Å². The van der Waals surface area contributed by atoms with Gasteiger partial charge in [-0.15, -0.1) is 4.89 Å². The van der Waals surface area contributed by atoms with Crippen LogP contribution in [0.15, 0.2) is 48.5 Å². The molecule has 2 N–H and O–H groups in total. The van der Waals surface area contributed by atoms with Crippen LogP contribution in [0.3, 0.4) is 0 Å². The summed E-state index contributed by atoms with van der Waals surface area (Å²) in [5, 5.41) is 0. The molecule has 160 valence electrons. The SMILES string of the molecule is O=[P+](O)OC(CCCc1cccc(Oc2cccc(C(F)(F)F)c2)c1)S(=O)(=O)O.[H-].[K+]. The van der Waals surface area contributed by atoms with Gasteiger partial charge < -0.3 is 6.16 Å². The van der Waals surface area contributed by atoms with E-state index in [1.165, 1.54) is 12.1 Å². The molecule has 13 heteroatoms. The molecule has 0 radical (unpaired) electrons. The first-order valence-electron chi connectivity index (χ1n) is 8.18. The summed E-state index contributed by atoms with van der Waals surface area (Å²) in [6, 6.07) is 10.8. The number of hydrogen-bond acceptors (Lipinski definition) is 5. The maximum atomic E-state index is 12.8. The van der Waals surface area contributed by atoms with Crippen molar-refractivity contribution in [1.82, 2.24) is 0 Å². The summed E-state index contributed by atoms with van der Waals surface area (Å²) < 4.78 is 90.1. The summed E-state index contributed by atoms with van der Waals surface area (Å²) in [5.74, 6) is 0.284. The smallest absolute Gasteiger partial charge is 1.00 e. The van der Waals surface area contributed by atoms with Crippen LogP contribution >= 0.6 is 8.25 Å². The first kappa shape index (κ1) is 27.6. The van der Waals surface area contributed by atoms with Crippen LogP contribution in [0.2, 0.25) is 0 Å². The molecule has 0 amide bonds. The van der Waals surface area contributed by atoms with Gasteiger partial charge in [0.05, 0.1) is 5.56 Å². The van der Waals surface area contributed by atoms with E-state index in [-0.39, 0.29) is 77.2 Å². The zero-order valence-electron chi connectivity index (χ0n) is 16.7. The zero-order valence-corrected chi connectivity index (χ0v) is 20.6. The fraction of sp³-hybridized carbons (Fsp3) is 0.294. The Morgan fingerprint density at radius 2 is 1.70 bits per heavy atom. The van der Waals surface area contributed by atoms with Crippen molar-refractivity contribution in [2.75, 3.05) is 0 Å². The second-order valence-electron chi connectivity index (χ2n) is 5.96. The number of halogens is 3. The molecule has 0 aromatic heterocycles. The van der Waals surface area contributed by atoms with Crippen LogP contribution in [0.5, 0.6) is 11.5 Å². The number of aryl methyl sites for hydroxylation is 1. The number of alkyl halides is 3. The normalized spacial score (nSPS) is 13.3. The van der Waals surface area contributed by atoms with Crippen LogP contribution in [-0.2, 0) is 31.8 Å². The maximum absolute atomic E-state index is 12.8. The molecule has 0 saturated carbocycles. The van der Waals surface area contributed by atoms with Crippen molar-refractivity contribution in [3.05, 3.63) is 59.7 Å². The van der Waals surface area contributed by atoms with E-state index in [4.69, 9.17) is 14.2 Å². The number of rotatable bonds is 9. The van der Waals surface area contributed by atoms with Crippen LogP contribution in [0, 0.1) is 0 Å². The van der Waals surface area contributed by atoms with Crippen LogP contribution in [-0.4, -0.2) is 23.3 Å². The summed E-state index contributed by atoms with van der Waals surface area (Å²) in [6.07, 6.45) is -4.25. The Morgan fingerprint density at radius 1 is 1.10 bits per heavy atom. The molecule has 0 aliphatic carbocycles. The molecule has 30 heavy (non-hydrogen) atoms.